The van der Waals surface area contributed by atoms with Crippen LogP contribution in [0.25, 0.3) is 0 Å². The van der Waals surface area contributed by atoms with E-state index in [0.717, 1.165) is 16.5 Å². The van der Waals surface area contributed by atoms with E-state index >= 15 is 0 Å². The fraction of sp³-hybridized carbons (Fsp3) is 0.500. The van der Waals surface area contributed by atoms with Crippen LogP contribution in [-0.2, 0) is 6.42 Å². The number of rotatable bonds is 4. The first-order chi connectivity index (χ1) is 7.04. The molecule has 1 aromatic carbocycles. The predicted octanol–water partition coefficient (Wildman–Crippen LogP) is 3.37. The van der Waals surface area contributed by atoms with Gasteiger partial charge in [0.15, 0.2) is 0 Å². The molecule has 3 heteroatoms. The molecule has 0 aliphatic carbocycles. The van der Waals surface area contributed by atoms with E-state index < -0.39 is 0 Å². The summed E-state index contributed by atoms with van der Waals surface area (Å²) in [6.07, 6.45) is 0.947. The number of nitrogens with one attached hydrogen (secondary N) is 1. The zero-order valence-electron chi connectivity index (χ0n) is 9.35. The number of hydrogen-bond donors (Lipinski definition) is 1. The van der Waals surface area contributed by atoms with E-state index in [1.165, 1.54) is 12.1 Å². The number of halogens is 2. The Morgan fingerprint density at radius 3 is 2.60 bits per heavy atom. The third-order valence-electron chi connectivity index (χ3n) is 2.87. The minimum Gasteiger partial charge on any atom is -0.317 e. The minimum atomic E-state index is -0.194. The molecule has 2 unspecified atom stereocenters. The number of benzene rings is 1. The molecule has 15 heavy (non-hydrogen) atoms. The fourth-order valence-corrected chi connectivity index (χ4v) is 2.01. The Labute approximate surface area is 99.2 Å². The molecule has 2 atom stereocenters. The molecule has 0 bridgehead atoms. The lowest BCUT2D eigenvalue weighted by Crippen LogP contribution is -2.29. The first-order valence-corrected chi connectivity index (χ1v) is 5.95. The van der Waals surface area contributed by atoms with E-state index in [9.17, 15) is 4.39 Å². The molecule has 0 aromatic heterocycles. The third-order valence-corrected chi connectivity index (χ3v) is 3.60. The highest BCUT2D eigenvalue weighted by Gasteiger charge is 2.12. The van der Waals surface area contributed by atoms with Crippen LogP contribution < -0.4 is 5.32 Å². The lowest BCUT2D eigenvalue weighted by atomic mass is 9.95. The van der Waals surface area contributed by atoms with Crippen molar-refractivity contribution in [2.45, 2.75) is 26.3 Å². The molecule has 1 N–H and O–H groups in total. The van der Waals surface area contributed by atoms with Crippen molar-refractivity contribution in [1.82, 2.24) is 5.32 Å². The van der Waals surface area contributed by atoms with Gasteiger partial charge in [-0.1, -0.05) is 28.9 Å². The standard InChI is InChI=1S/C12H17BrFN/c1-8(9(2)15-3)6-10-4-5-11(14)7-12(10)13/h4-5,7-9,15H,6H2,1-3H3. The summed E-state index contributed by atoms with van der Waals surface area (Å²) in [5.74, 6) is 0.330. The molecular formula is C12H17BrFN. The van der Waals surface area contributed by atoms with Gasteiger partial charge in [0, 0.05) is 10.5 Å². The normalized spacial score (nSPS) is 15.0. The second-order valence-electron chi connectivity index (χ2n) is 3.99. The highest BCUT2D eigenvalue weighted by Crippen LogP contribution is 2.22. The molecule has 84 valence electrons. The second-order valence-corrected chi connectivity index (χ2v) is 4.85. The molecule has 0 spiro atoms. The lowest BCUT2D eigenvalue weighted by Gasteiger charge is -2.19. The molecule has 1 rings (SSSR count). The topological polar surface area (TPSA) is 12.0 Å². The van der Waals surface area contributed by atoms with E-state index in [2.05, 4.69) is 35.1 Å². The maximum Gasteiger partial charge on any atom is 0.124 e. The summed E-state index contributed by atoms with van der Waals surface area (Å²) in [6, 6.07) is 5.34. The van der Waals surface area contributed by atoms with E-state index in [1.807, 2.05) is 13.1 Å². The van der Waals surface area contributed by atoms with E-state index in [-0.39, 0.29) is 5.82 Å². The monoisotopic (exact) mass is 273 g/mol. The van der Waals surface area contributed by atoms with Crippen LogP contribution in [0.15, 0.2) is 22.7 Å². The summed E-state index contributed by atoms with van der Waals surface area (Å²) in [5, 5.41) is 3.23. The SMILES string of the molecule is CNC(C)C(C)Cc1ccc(F)cc1Br. The Morgan fingerprint density at radius 1 is 1.40 bits per heavy atom. The van der Waals surface area contributed by atoms with Crippen LogP contribution in [0.5, 0.6) is 0 Å². The largest absolute Gasteiger partial charge is 0.317 e. The molecule has 1 aromatic rings. The Balaban J connectivity index is 2.72. The number of hydrogen-bond acceptors (Lipinski definition) is 1. The van der Waals surface area contributed by atoms with Crippen molar-refractivity contribution in [2.75, 3.05) is 7.05 Å². The minimum absolute atomic E-state index is 0.194. The first-order valence-electron chi connectivity index (χ1n) is 5.15. The van der Waals surface area contributed by atoms with Gasteiger partial charge in [0.2, 0.25) is 0 Å². The van der Waals surface area contributed by atoms with Gasteiger partial charge in [0.1, 0.15) is 5.82 Å². The Hall–Kier alpha value is -0.410. The molecule has 1 nitrogen and oxygen atoms in total. The molecule has 0 aliphatic heterocycles. The molecule has 0 fully saturated rings. The second kappa shape index (κ2) is 5.61. The van der Waals surface area contributed by atoms with Gasteiger partial charge in [0.25, 0.3) is 0 Å². The lowest BCUT2D eigenvalue weighted by molar-refractivity contribution is 0.423. The van der Waals surface area contributed by atoms with Crippen molar-refractivity contribution in [3.05, 3.63) is 34.1 Å². The maximum absolute atomic E-state index is 12.9. The Bertz CT molecular complexity index is 327. The van der Waals surface area contributed by atoms with Crippen molar-refractivity contribution in [1.29, 1.82) is 0 Å². The van der Waals surface area contributed by atoms with Crippen LogP contribution in [0, 0.1) is 11.7 Å². The third kappa shape index (κ3) is 3.58. The van der Waals surface area contributed by atoms with Crippen LogP contribution in [0.3, 0.4) is 0 Å². The van der Waals surface area contributed by atoms with Crippen molar-refractivity contribution in [2.24, 2.45) is 5.92 Å². The van der Waals surface area contributed by atoms with E-state index in [0.29, 0.717) is 12.0 Å². The average Bonchev–Trinajstić information content (AvgIpc) is 2.20. The summed E-state index contributed by atoms with van der Waals surface area (Å²) in [5.41, 5.74) is 1.16. The molecule has 0 saturated carbocycles. The van der Waals surface area contributed by atoms with Crippen molar-refractivity contribution < 1.29 is 4.39 Å². The van der Waals surface area contributed by atoms with Gasteiger partial charge in [-0.2, -0.15) is 0 Å². The maximum atomic E-state index is 12.9. The first kappa shape index (κ1) is 12.7. The predicted molar refractivity (Wildman–Crippen MR) is 65.5 cm³/mol. The molecule has 0 radical (unpaired) electrons. The average molecular weight is 274 g/mol. The summed E-state index contributed by atoms with van der Waals surface area (Å²) >= 11 is 3.39. The molecule has 0 heterocycles. The van der Waals surface area contributed by atoms with Crippen LogP contribution in [0.2, 0.25) is 0 Å². The highest BCUT2D eigenvalue weighted by atomic mass is 79.9. The smallest absolute Gasteiger partial charge is 0.124 e. The molecule has 0 aliphatic rings. The van der Waals surface area contributed by atoms with Crippen LogP contribution in [-0.4, -0.2) is 13.1 Å². The van der Waals surface area contributed by atoms with Crippen molar-refractivity contribution >= 4 is 15.9 Å². The zero-order chi connectivity index (χ0) is 11.4. The van der Waals surface area contributed by atoms with Crippen LogP contribution >= 0.6 is 15.9 Å². The van der Waals surface area contributed by atoms with Crippen LogP contribution in [0.4, 0.5) is 4.39 Å². The van der Waals surface area contributed by atoms with Gasteiger partial charge < -0.3 is 5.32 Å². The molecule has 0 amide bonds. The summed E-state index contributed by atoms with van der Waals surface area (Å²) in [4.78, 5) is 0. The van der Waals surface area contributed by atoms with Gasteiger partial charge in [0.05, 0.1) is 0 Å². The summed E-state index contributed by atoms with van der Waals surface area (Å²) < 4.78 is 13.7. The Morgan fingerprint density at radius 2 is 2.07 bits per heavy atom. The van der Waals surface area contributed by atoms with Gasteiger partial charge in [-0.15, -0.1) is 0 Å². The summed E-state index contributed by atoms with van der Waals surface area (Å²) in [6.45, 7) is 4.35. The van der Waals surface area contributed by atoms with Gasteiger partial charge in [-0.3, -0.25) is 0 Å². The highest BCUT2D eigenvalue weighted by molar-refractivity contribution is 9.10. The Kier molecular flexibility index (Phi) is 4.74. The molecular weight excluding hydrogens is 257 g/mol. The van der Waals surface area contributed by atoms with Gasteiger partial charge in [-0.05, 0) is 44.0 Å². The molecule has 0 saturated heterocycles. The van der Waals surface area contributed by atoms with E-state index in [1.54, 1.807) is 0 Å². The fourth-order valence-electron chi connectivity index (χ4n) is 1.50. The quantitative estimate of drug-likeness (QED) is 0.887. The van der Waals surface area contributed by atoms with Crippen molar-refractivity contribution in [3.63, 3.8) is 0 Å². The van der Waals surface area contributed by atoms with Gasteiger partial charge in [-0.25, -0.2) is 4.39 Å². The zero-order valence-corrected chi connectivity index (χ0v) is 10.9. The van der Waals surface area contributed by atoms with Gasteiger partial charge >= 0.3 is 0 Å². The summed E-state index contributed by atoms with van der Waals surface area (Å²) in [7, 11) is 1.96. The van der Waals surface area contributed by atoms with Crippen molar-refractivity contribution in [3.8, 4) is 0 Å². The van der Waals surface area contributed by atoms with E-state index in [4.69, 9.17) is 0 Å². The van der Waals surface area contributed by atoms with Crippen LogP contribution in [0.1, 0.15) is 19.4 Å².